The molecular weight excluding hydrogens is 1440 g/mol. The van der Waals surface area contributed by atoms with Gasteiger partial charge in [0.1, 0.15) is 97.5 Å². The van der Waals surface area contributed by atoms with Gasteiger partial charge in [-0.05, 0) is 0 Å². The number of rotatable bonds is 33. The van der Waals surface area contributed by atoms with Crippen LogP contribution in [0.2, 0.25) is 0 Å². The zero-order valence-corrected chi connectivity index (χ0v) is 49.7. The predicted molar refractivity (Wildman–Crippen MR) is 259 cm³/mol. The van der Waals surface area contributed by atoms with Crippen molar-refractivity contribution in [3.63, 3.8) is 0 Å². The van der Waals surface area contributed by atoms with Gasteiger partial charge in [-0.25, -0.2) is 30.5 Å². The first kappa shape index (κ1) is 79.7. The van der Waals surface area contributed by atoms with E-state index in [1.54, 1.807) is 0 Å². The molecule has 0 aromatic rings. The van der Waals surface area contributed by atoms with Gasteiger partial charge < -0.3 is 89.0 Å². The van der Waals surface area contributed by atoms with Crippen LogP contribution in [0, 0.1) is 0 Å². The average molecular weight is 1500 g/mol. The van der Waals surface area contributed by atoms with Gasteiger partial charge in [-0.1, -0.05) is 0 Å². The van der Waals surface area contributed by atoms with Crippen molar-refractivity contribution in [2.24, 2.45) is 0 Å². The first-order chi connectivity index (χ1) is 40.6. The Morgan fingerprint density at radius 3 is 1.31 bits per heavy atom. The predicted octanol–water partition coefficient (Wildman–Crippen LogP) is -14.8. The van der Waals surface area contributed by atoms with Gasteiger partial charge in [0.25, 0.3) is 0 Å². The van der Waals surface area contributed by atoms with E-state index in [0.29, 0.717) is 0 Å². The molecule has 60 heteroatoms. The third kappa shape index (κ3) is 24.2. The second-order valence-electron chi connectivity index (χ2n) is 18.3. The second-order valence-corrected chi connectivity index (χ2v) is 27.2. The minimum atomic E-state index is -6.38. The fourth-order valence-electron chi connectivity index (χ4n) is 8.39. The van der Waals surface area contributed by atoms with Crippen LogP contribution in [0.15, 0.2) is 0 Å². The Hall–Kier alpha value is -2.74. The van der Waals surface area contributed by atoms with E-state index >= 15 is 0 Å². The van der Waals surface area contributed by atoms with E-state index in [4.69, 9.17) is 47.0 Å². The van der Waals surface area contributed by atoms with Crippen LogP contribution in [0.25, 0.3) is 0 Å². The summed E-state index contributed by atoms with van der Waals surface area (Å²) in [4.78, 5) is 25.7. The van der Waals surface area contributed by atoms with Gasteiger partial charge in [0.15, 0.2) is 43.5 Å². The highest BCUT2D eigenvalue weighted by molar-refractivity contribution is 7.84. The molecule has 0 bridgehead atoms. The molecule has 52 nitrogen and oxygen atoms in total. The molecule has 530 valence electrons. The summed E-state index contributed by atoms with van der Waals surface area (Å²) in [5.74, 6) is -4.99. The van der Waals surface area contributed by atoms with Crippen molar-refractivity contribution in [2.45, 2.75) is 147 Å². The lowest BCUT2D eigenvalue weighted by molar-refractivity contribution is -0.370. The number of hydrogen-bond donors (Lipinski definition) is 21. The molecule has 21 N–H and O–H groups in total. The van der Waals surface area contributed by atoms with Crippen molar-refractivity contribution in [2.75, 3.05) is 26.4 Å². The molecule has 4 saturated heterocycles. The van der Waals surface area contributed by atoms with Crippen LogP contribution in [0.3, 0.4) is 0 Å². The Balaban J connectivity index is 1.87. The zero-order chi connectivity index (χ0) is 69.2. The molecule has 90 heavy (non-hydrogen) atoms. The fourth-order valence-corrected chi connectivity index (χ4v) is 12.1. The SMILES string of the molecule is O=C(O)[C@H]1O[C@@H](O[C@H]2[C@H](OS(=O)(=O)O)[C@@H](NS(=O)(=O)O)[C@@H](O[C@H]3[C@H](O)[C@@H](OS(=O)(=O)O)[C@H](O[C@@H]([C@H](O)[C@H](CO)NS(=O)(=O)O)[C@H](O)COS(=O)(=O)O)O[C@H]3C(=O)O)O[C@@H]2COS(=O)(=O)O)[C@H](O)[C@@H](O)[C@@H]1O[C@H]1O[C@H](COS(=O)(=O)O)[C@@H](O)[C@H](O)[C@H]1NS(=O)(=O)O. The Kier molecular flexibility index (Phi) is 27.1. The summed E-state index contributed by atoms with van der Waals surface area (Å²) in [6.07, 6.45) is -63.4. The highest BCUT2D eigenvalue weighted by Crippen LogP contribution is 2.38. The summed E-state index contributed by atoms with van der Waals surface area (Å²) in [6.45, 7) is -7.06. The number of carboxylic acids is 2. The van der Waals surface area contributed by atoms with Crippen LogP contribution < -0.4 is 14.2 Å². The molecule has 4 aliphatic rings. The smallest absolute Gasteiger partial charge is 0.397 e. The molecule has 0 aliphatic carbocycles. The fraction of sp³-hybridized carbons (Fsp3) is 0.933. The number of hydrogen-bond acceptors (Lipinski definition) is 39. The standard InChI is InChI=1S/C30H53N3O49S8/c34-1-5(31-83(46,47)48)11(36)17(6(35)2-70-86(55,56)57)75-30-22(82-90(67,68)69)16(41)21(24(80-30)26(44)45)78-28-10(33-85(52,53)54)19(81-89(64,65)66)18(8(74-28)4-72-88(61,62)63)76-29-15(40)14(39)20(23(79-29)25(42)43)77-27-9(32-84(49,50)51)13(38)12(37)7(73-27)3-71-87(58,59)60/h5-24,27-41H,1-4H2,(H,42,43)(H,44,45)(H,46,47,48)(H,49,50,51)(H,52,53,54)(H,55,56,57)(H,58,59,60)(H,61,62,63)(H,64,65,66)(H,67,68,69)/t5-,6+,7+,8+,9+,10+,11+,12+,13+,14+,15+,16-,17+,18+,19+,20-,21-,22+,23-,24+,27+,28+,29+,30+/m0/s1. The van der Waals surface area contributed by atoms with E-state index in [9.17, 15) is 155 Å². The average Bonchev–Trinajstić information content (AvgIpc) is 0.770. The van der Waals surface area contributed by atoms with Gasteiger partial charge in [0.05, 0.1) is 32.5 Å². The third-order valence-electron chi connectivity index (χ3n) is 11.9. The lowest BCUT2D eigenvalue weighted by atomic mass is 9.94. The van der Waals surface area contributed by atoms with Gasteiger partial charge in [-0.15, -0.1) is 0 Å². The molecule has 4 heterocycles. The molecule has 0 amide bonds. The number of ether oxygens (including phenoxy) is 8. The first-order valence-electron chi connectivity index (χ1n) is 23.1. The summed E-state index contributed by atoms with van der Waals surface area (Å²) in [7, 11) is -46.9. The number of aliphatic hydroxyl groups excluding tert-OH is 8. The van der Waals surface area contributed by atoms with Crippen LogP contribution in [-0.4, -0.2) is 340 Å². The van der Waals surface area contributed by atoms with Crippen LogP contribution in [0.1, 0.15) is 0 Å². The number of aliphatic carboxylic acids is 2. The van der Waals surface area contributed by atoms with Gasteiger partial charge >= 0.3 is 94.8 Å². The van der Waals surface area contributed by atoms with E-state index in [1.165, 1.54) is 4.72 Å². The van der Waals surface area contributed by atoms with Crippen LogP contribution >= 0.6 is 0 Å². The topological polar surface area (TPSA) is 827 Å². The highest BCUT2D eigenvalue weighted by atomic mass is 32.3. The summed E-state index contributed by atoms with van der Waals surface area (Å²) < 4.78 is 333. The molecule has 0 saturated carbocycles. The zero-order valence-electron chi connectivity index (χ0n) is 43.2. The summed E-state index contributed by atoms with van der Waals surface area (Å²) in [5.41, 5.74) is 0. The van der Waals surface area contributed by atoms with Crippen molar-refractivity contribution in [3.05, 3.63) is 0 Å². The Morgan fingerprint density at radius 2 is 0.867 bits per heavy atom. The monoisotopic (exact) mass is 1490 g/mol. The number of aliphatic hydroxyl groups is 8. The minimum absolute atomic E-state index is 1.07. The van der Waals surface area contributed by atoms with E-state index in [1.807, 2.05) is 0 Å². The van der Waals surface area contributed by atoms with E-state index in [2.05, 4.69) is 20.9 Å². The quantitative estimate of drug-likeness (QED) is 0.0271. The van der Waals surface area contributed by atoms with Crippen LogP contribution in [-0.2, 0) is 151 Å². The maximum atomic E-state index is 12.9. The lowest BCUT2D eigenvalue weighted by Crippen LogP contribution is -2.71. The Bertz CT molecular complexity index is 3410. The summed E-state index contributed by atoms with van der Waals surface area (Å²) >= 11 is 0. The maximum absolute atomic E-state index is 12.9. The molecule has 0 unspecified atom stereocenters. The number of carboxylic acid groups (broad SMARTS) is 2. The number of nitrogens with one attached hydrogen (secondary N) is 3. The molecule has 24 atom stereocenters. The summed E-state index contributed by atoms with van der Waals surface area (Å²) in [6, 6.07) is -8.44. The molecule has 0 aromatic carbocycles. The largest absolute Gasteiger partial charge is 0.479 e. The van der Waals surface area contributed by atoms with E-state index in [0.717, 1.165) is 9.44 Å². The normalized spacial score (nSPS) is 35.2. The van der Waals surface area contributed by atoms with Gasteiger partial charge in [-0.2, -0.15) is 81.5 Å². The van der Waals surface area contributed by atoms with Gasteiger partial charge in [0, 0.05) is 0 Å². The first-order valence-corrected chi connectivity index (χ1v) is 34.2. The van der Waals surface area contributed by atoms with Crippen LogP contribution in [0.5, 0.6) is 0 Å². The van der Waals surface area contributed by atoms with Crippen molar-refractivity contribution in [1.29, 1.82) is 0 Å². The third-order valence-corrected chi connectivity index (χ3v) is 15.8. The maximum Gasteiger partial charge on any atom is 0.397 e. The summed E-state index contributed by atoms with van der Waals surface area (Å²) in [5, 5.41) is 108. The Labute approximate surface area is 503 Å². The van der Waals surface area contributed by atoms with Crippen LogP contribution in [0.4, 0.5) is 0 Å². The van der Waals surface area contributed by atoms with Gasteiger partial charge in [0.2, 0.25) is 0 Å². The Morgan fingerprint density at radius 1 is 0.444 bits per heavy atom. The number of carbonyl (C=O) groups is 2. The van der Waals surface area contributed by atoms with Crippen molar-refractivity contribution in [1.82, 2.24) is 14.2 Å². The molecule has 4 fully saturated rings. The van der Waals surface area contributed by atoms with E-state index in [-0.39, 0.29) is 0 Å². The molecule has 0 aromatic heterocycles. The molecule has 4 aliphatic heterocycles. The molecule has 4 rings (SSSR count). The van der Waals surface area contributed by atoms with Crippen molar-refractivity contribution in [3.8, 4) is 0 Å². The van der Waals surface area contributed by atoms with Crippen molar-refractivity contribution >= 4 is 94.8 Å². The molecular formula is C30H53N3O49S8. The highest BCUT2D eigenvalue weighted by Gasteiger charge is 2.61. The molecule has 0 radical (unpaired) electrons. The second kappa shape index (κ2) is 30.6. The van der Waals surface area contributed by atoms with Gasteiger partial charge in [-0.3, -0.25) is 36.4 Å². The van der Waals surface area contributed by atoms with Crippen molar-refractivity contribution < 1.29 is 223 Å². The molecule has 0 spiro atoms. The lowest BCUT2D eigenvalue weighted by Gasteiger charge is -2.50. The minimum Gasteiger partial charge on any atom is -0.479 e. The van der Waals surface area contributed by atoms with E-state index < -0.39 is 268 Å².